The average molecular weight is 221 g/mol. The second-order valence-corrected chi connectivity index (χ2v) is 3.00. The third-order valence-corrected chi connectivity index (χ3v) is 1.73. The summed E-state index contributed by atoms with van der Waals surface area (Å²) in [5.74, 6) is -2.45. The molecule has 1 rings (SSSR count). The number of hydrogen-bond donors (Lipinski definition) is 3. The summed E-state index contributed by atoms with van der Waals surface area (Å²) in [5.41, 5.74) is 7.86. The van der Waals surface area contributed by atoms with Crippen LogP contribution in [-0.2, 0) is 16.0 Å². The molecule has 4 N–H and O–H groups in total. The molecule has 0 aliphatic carbocycles. The van der Waals surface area contributed by atoms with Crippen LogP contribution < -0.4 is 11.2 Å². The molecule has 6 heteroatoms. The van der Waals surface area contributed by atoms with Crippen molar-refractivity contribution < 1.29 is 14.7 Å². The van der Waals surface area contributed by atoms with Gasteiger partial charge in [-0.1, -0.05) is 30.3 Å². The molecule has 84 valence electrons. The maximum Gasteiger partial charge on any atom is 0.373 e. The molecule has 0 radical (unpaired) electrons. The van der Waals surface area contributed by atoms with E-state index in [2.05, 4.69) is 10.5 Å². The van der Waals surface area contributed by atoms with Gasteiger partial charge < -0.3 is 10.8 Å². The third kappa shape index (κ3) is 3.79. The van der Waals surface area contributed by atoms with E-state index in [4.69, 9.17) is 10.8 Å². The summed E-state index contributed by atoms with van der Waals surface area (Å²) < 4.78 is 0. The first-order valence-corrected chi connectivity index (χ1v) is 4.49. The van der Waals surface area contributed by atoms with Gasteiger partial charge in [0.1, 0.15) is 0 Å². The van der Waals surface area contributed by atoms with Crippen molar-refractivity contribution in [3.05, 3.63) is 35.9 Å². The van der Waals surface area contributed by atoms with Crippen LogP contribution in [0.2, 0.25) is 0 Å². The number of carboxylic acids is 1. The van der Waals surface area contributed by atoms with Gasteiger partial charge in [0.15, 0.2) is 0 Å². The predicted octanol–water partition coefficient (Wildman–Crippen LogP) is -0.298. The smallest absolute Gasteiger partial charge is 0.373 e. The van der Waals surface area contributed by atoms with Crippen LogP contribution in [-0.4, -0.2) is 22.8 Å². The van der Waals surface area contributed by atoms with Gasteiger partial charge in [0, 0.05) is 0 Å². The number of nitrogens with two attached hydrogens (primary N) is 1. The normalized spacial score (nSPS) is 10.9. The molecular weight excluding hydrogens is 210 g/mol. The molecule has 0 bridgehead atoms. The van der Waals surface area contributed by atoms with Crippen LogP contribution in [0.4, 0.5) is 0 Å². The highest BCUT2D eigenvalue weighted by Gasteiger charge is 2.05. The number of amides is 1. The Kier molecular flexibility index (Phi) is 4.02. The van der Waals surface area contributed by atoms with E-state index in [-0.39, 0.29) is 6.42 Å². The molecule has 1 amide bonds. The van der Waals surface area contributed by atoms with Crippen molar-refractivity contribution in [1.82, 2.24) is 5.43 Å². The van der Waals surface area contributed by atoms with E-state index < -0.39 is 17.7 Å². The maximum atomic E-state index is 11.3. The second-order valence-electron chi connectivity index (χ2n) is 3.00. The molecule has 0 atom stereocenters. The summed E-state index contributed by atoms with van der Waals surface area (Å²) in [6.45, 7) is 0. The van der Waals surface area contributed by atoms with Gasteiger partial charge in [0.2, 0.25) is 11.7 Å². The highest BCUT2D eigenvalue weighted by molar-refractivity contribution is 6.33. The van der Waals surface area contributed by atoms with Crippen molar-refractivity contribution in [2.45, 2.75) is 6.42 Å². The Balaban J connectivity index is 2.49. The van der Waals surface area contributed by atoms with Crippen LogP contribution in [0.15, 0.2) is 35.4 Å². The Morgan fingerprint density at radius 3 is 2.50 bits per heavy atom. The van der Waals surface area contributed by atoms with Gasteiger partial charge in [-0.25, -0.2) is 10.2 Å². The SMILES string of the molecule is NC(=NNC(=O)Cc1ccccc1)C(=O)O. The molecule has 0 aliphatic heterocycles. The fourth-order valence-electron chi connectivity index (χ4n) is 0.991. The van der Waals surface area contributed by atoms with Crippen LogP contribution in [0, 0.1) is 0 Å². The molecule has 16 heavy (non-hydrogen) atoms. The summed E-state index contributed by atoms with van der Waals surface area (Å²) in [5, 5.41) is 11.6. The molecule has 0 spiro atoms. The van der Waals surface area contributed by atoms with Crippen LogP contribution in [0.3, 0.4) is 0 Å². The molecule has 0 unspecified atom stereocenters. The van der Waals surface area contributed by atoms with Gasteiger partial charge in [0.25, 0.3) is 0 Å². The van der Waals surface area contributed by atoms with Crippen LogP contribution >= 0.6 is 0 Å². The van der Waals surface area contributed by atoms with Crippen molar-refractivity contribution >= 4 is 17.7 Å². The highest BCUT2D eigenvalue weighted by Crippen LogP contribution is 1.98. The largest absolute Gasteiger partial charge is 0.475 e. The third-order valence-electron chi connectivity index (χ3n) is 1.73. The summed E-state index contributed by atoms with van der Waals surface area (Å²) in [6.07, 6.45) is 0.122. The molecule has 1 aromatic carbocycles. The predicted molar refractivity (Wildman–Crippen MR) is 57.5 cm³/mol. The van der Waals surface area contributed by atoms with Gasteiger partial charge >= 0.3 is 5.97 Å². The van der Waals surface area contributed by atoms with Crippen LogP contribution in [0.25, 0.3) is 0 Å². The topological polar surface area (TPSA) is 105 Å². The lowest BCUT2D eigenvalue weighted by Crippen LogP contribution is -2.29. The summed E-state index contributed by atoms with van der Waals surface area (Å²) in [7, 11) is 0. The number of nitrogens with zero attached hydrogens (tertiary/aromatic N) is 1. The number of carbonyl (C=O) groups is 2. The van der Waals surface area contributed by atoms with Gasteiger partial charge in [-0.3, -0.25) is 4.79 Å². The minimum atomic E-state index is -1.37. The zero-order valence-electron chi connectivity index (χ0n) is 8.38. The minimum Gasteiger partial charge on any atom is -0.475 e. The Hall–Kier alpha value is -2.37. The quantitative estimate of drug-likeness (QED) is 0.370. The zero-order valence-corrected chi connectivity index (χ0v) is 8.38. The molecule has 0 aromatic heterocycles. The van der Waals surface area contributed by atoms with E-state index >= 15 is 0 Å². The lowest BCUT2D eigenvalue weighted by atomic mass is 10.1. The number of hydrazone groups is 1. The number of aliphatic carboxylic acids is 1. The summed E-state index contributed by atoms with van der Waals surface area (Å²) in [4.78, 5) is 21.5. The fraction of sp³-hybridized carbons (Fsp3) is 0.100. The lowest BCUT2D eigenvalue weighted by Gasteiger charge is -2.00. The van der Waals surface area contributed by atoms with Gasteiger partial charge in [-0.2, -0.15) is 0 Å². The summed E-state index contributed by atoms with van der Waals surface area (Å²) in [6, 6.07) is 9.00. The van der Waals surface area contributed by atoms with Gasteiger partial charge in [-0.15, -0.1) is 5.10 Å². The van der Waals surface area contributed by atoms with E-state index in [1.807, 2.05) is 6.07 Å². The zero-order chi connectivity index (χ0) is 12.0. The number of nitrogens with one attached hydrogen (secondary N) is 1. The Morgan fingerprint density at radius 1 is 1.31 bits per heavy atom. The Morgan fingerprint density at radius 2 is 1.94 bits per heavy atom. The molecular formula is C10H11N3O3. The van der Waals surface area contributed by atoms with Crippen molar-refractivity contribution in [2.75, 3.05) is 0 Å². The number of rotatable bonds is 3. The molecule has 0 aliphatic rings. The van der Waals surface area contributed by atoms with E-state index in [0.717, 1.165) is 5.56 Å². The lowest BCUT2D eigenvalue weighted by molar-refractivity contribution is -0.129. The number of benzene rings is 1. The maximum absolute atomic E-state index is 11.3. The van der Waals surface area contributed by atoms with Crippen molar-refractivity contribution in [1.29, 1.82) is 0 Å². The monoisotopic (exact) mass is 221 g/mol. The van der Waals surface area contributed by atoms with Crippen molar-refractivity contribution in [3.63, 3.8) is 0 Å². The first kappa shape index (κ1) is 11.7. The first-order valence-electron chi connectivity index (χ1n) is 4.49. The van der Waals surface area contributed by atoms with Crippen LogP contribution in [0.5, 0.6) is 0 Å². The molecule has 0 heterocycles. The molecule has 0 saturated carbocycles. The van der Waals surface area contributed by atoms with E-state index in [0.29, 0.717) is 0 Å². The summed E-state index contributed by atoms with van der Waals surface area (Å²) >= 11 is 0. The van der Waals surface area contributed by atoms with E-state index in [1.54, 1.807) is 24.3 Å². The van der Waals surface area contributed by atoms with Gasteiger partial charge in [0.05, 0.1) is 6.42 Å². The number of hydrogen-bond acceptors (Lipinski definition) is 3. The Labute approximate surface area is 91.8 Å². The molecule has 1 aromatic rings. The van der Waals surface area contributed by atoms with Crippen molar-refractivity contribution in [3.8, 4) is 0 Å². The van der Waals surface area contributed by atoms with Crippen LogP contribution in [0.1, 0.15) is 5.56 Å². The molecule has 6 nitrogen and oxygen atoms in total. The van der Waals surface area contributed by atoms with E-state index in [9.17, 15) is 9.59 Å². The van der Waals surface area contributed by atoms with E-state index in [1.165, 1.54) is 0 Å². The average Bonchev–Trinajstić information content (AvgIpc) is 2.27. The molecule has 0 fully saturated rings. The number of amidine groups is 1. The standard InChI is InChI=1S/C10H11N3O3/c11-9(10(15)16)13-12-8(14)6-7-4-2-1-3-5-7/h1-5H,6H2,(H2,11,13)(H,12,14)(H,15,16). The Bertz CT molecular complexity index is 415. The fourth-order valence-corrected chi connectivity index (χ4v) is 0.991. The van der Waals surface area contributed by atoms with Gasteiger partial charge in [-0.05, 0) is 5.56 Å². The number of carboxylic acid groups (broad SMARTS) is 1. The minimum absolute atomic E-state index is 0.122. The molecule has 0 saturated heterocycles. The number of carbonyl (C=O) groups excluding carboxylic acids is 1. The highest BCUT2D eigenvalue weighted by atomic mass is 16.4. The van der Waals surface area contributed by atoms with Crippen molar-refractivity contribution in [2.24, 2.45) is 10.8 Å². The second kappa shape index (κ2) is 5.50. The first-order chi connectivity index (χ1) is 7.59.